The van der Waals surface area contributed by atoms with Crippen LogP contribution in [0.1, 0.15) is 20.3 Å². The normalized spacial score (nSPS) is 20.9. The Balaban J connectivity index is 2.06. The second-order valence-corrected chi connectivity index (χ2v) is 6.31. The number of amides is 1. The van der Waals surface area contributed by atoms with E-state index in [1.54, 1.807) is 4.90 Å². The average molecular weight is 272 g/mol. The first kappa shape index (κ1) is 13.0. The van der Waals surface area contributed by atoms with Crippen molar-refractivity contribution in [3.8, 4) is 0 Å². The van der Waals surface area contributed by atoms with Crippen LogP contribution in [0.2, 0.25) is 0 Å². The van der Waals surface area contributed by atoms with Crippen molar-refractivity contribution >= 4 is 15.9 Å². The van der Waals surface area contributed by atoms with Crippen molar-refractivity contribution < 1.29 is 13.2 Å². The van der Waals surface area contributed by atoms with Crippen LogP contribution in [0.5, 0.6) is 0 Å². The van der Waals surface area contributed by atoms with E-state index in [-0.39, 0.29) is 29.3 Å². The summed E-state index contributed by atoms with van der Waals surface area (Å²) >= 11 is 0. The topological polar surface area (TPSA) is 95.2 Å². The second kappa shape index (κ2) is 4.69. The molecule has 1 aromatic rings. The van der Waals surface area contributed by atoms with Crippen LogP contribution in [0.25, 0.3) is 0 Å². The second-order valence-electron chi connectivity index (χ2n) is 4.60. The van der Waals surface area contributed by atoms with E-state index in [9.17, 15) is 13.2 Å². The van der Waals surface area contributed by atoms with E-state index in [0.717, 1.165) is 0 Å². The molecule has 2 rings (SSSR count). The fraction of sp³-hybridized carbons (Fsp3) is 0.600. The Morgan fingerprint density at radius 3 is 2.78 bits per heavy atom. The summed E-state index contributed by atoms with van der Waals surface area (Å²) in [6, 6.07) is -0.291. The molecule has 18 heavy (non-hydrogen) atoms. The highest BCUT2D eigenvalue weighted by atomic mass is 32.2. The van der Waals surface area contributed by atoms with E-state index in [1.165, 1.54) is 12.4 Å². The Labute approximate surface area is 106 Å². The summed E-state index contributed by atoms with van der Waals surface area (Å²) in [6.45, 7) is 4.23. The summed E-state index contributed by atoms with van der Waals surface area (Å²) in [5.74, 6) is -0.0232. The predicted molar refractivity (Wildman–Crippen MR) is 64.2 cm³/mol. The minimum Gasteiger partial charge on any atom is -0.339 e. The van der Waals surface area contributed by atoms with Crippen LogP contribution in [0.3, 0.4) is 0 Å². The van der Waals surface area contributed by atoms with Gasteiger partial charge in [0.2, 0.25) is 15.9 Å². The fourth-order valence-corrected chi connectivity index (χ4v) is 3.12. The zero-order chi connectivity index (χ0) is 13.3. The Kier molecular flexibility index (Phi) is 3.40. The molecular weight excluding hydrogens is 256 g/mol. The van der Waals surface area contributed by atoms with Crippen molar-refractivity contribution in [2.45, 2.75) is 37.2 Å². The van der Waals surface area contributed by atoms with Gasteiger partial charge in [-0.1, -0.05) is 0 Å². The van der Waals surface area contributed by atoms with Gasteiger partial charge in [-0.3, -0.25) is 9.89 Å². The van der Waals surface area contributed by atoms with Gasteiger partial charge >= 0.3 is 0 Å². The van der Waals surface area contributed by atoms with Crippen molar-refractivity contribution in [3.05, 3.63) is 12.4 Å². The molecule has 0 aliphatic carbocycles. The lowest BCUT2D eigenvalue weighted by atomic mass is 10.3. The Hall–Kier alpha value is -1.41. The number of aromatic nitrogens is 2. The molecule has 1 aliphatic rings. The molecule has 1 atom stereocenters. The van der Waals surface area contributed by atoms with Crippen molar-refractivity contribution in [2.24, 2.45) is 0 Å². The summed E-state index contributed by atoms with van der Waals surface area (Å²) in [5, 5.41) is 6.05. The molecule has 1 unspecified atom stereocenters. The third kappa shape index (κ3) is 2.54. The number of carbonyl (C=O) groups excluding carboxylic acids is 1. The molecule has 1 fully saturated rings. The van der Waals surface area contributed by atoms with E-state index >= 15 is 0 Å². The summed E-state index contributed by atoms with van der Waals surface area (Å²) < 4.78 is 26.4. The monoisotopic (exact) mass is 272 g/mol. The van der Waals surface area contributed by atoms with Gasteiger partial charge in [0.15, 0.2) is 0 Å². The molecule has 0 aromatic carbocycles. The molecule has 8 heteroatoms. The molecule has 0 spiro atoms. The van der Waals surface area contributed by atoms with E-state index in [1.807, 2.05) is 13.8 Å². The van der Waals surface area contributed by atoms with Crippen LogP contribution >= 0.6 is 0 Å². The molecule has 0 bridgehead atoms. The van der Waals surface area contributed by atoms with Crippen LogP contribution < -0.4 is 4.72 Å². The molecular formula is C10H16N4O3S. The summed E-state index contributed by atoms with van der Waals surface area (Å²) in [6.07, 6.45) is 2.74. The van der Waals surface area contributed by atoms with Crippen molar-refractivity contribution in [3.63, 3.8) is 0 Å². The van der Waals surface area contributed by atoms with Crippen LogP contribution in [-0.4, -0.2) is 48.1 Å². The Morgan fingerprint density at radius 1 is 1.56 bits per heavy atom. The van der Waals surface area contributed by atoms with E-state index < -0.39 is 10.0 Å². The van der Waals surface area contributed by atoms with Crippen LogP contribution in [0.15, 0.2) is 17.3 Å². The predicted octanol–water partition coefficient (Wildman–Crippen LogP) is -0.303. The van der Waals surface area contributed by atoms with E-state index in [0.29, 0.717) is 6.54 Å². The standard InChI is InChI=1S/C10H16N4O3S/c1-7(2)14-6-8(3-10(14)15)13-18(16,17)9-4-11-12-5-9/h4-5,7-8,13H,3,6H2,1-2H3,(H,11,12). The van der Waals surface area contributed by atoms with Gasteiger partial charge in [-0.25, -0.2) is 13.1 Å². The van der Waals surface area contributed by atoms with Gasteiger partial charge in [0.1, 0.15) is 4.90 Å². The summed E-state index contributed by atoms with van der Waals surface area (Å²) in [7, 11) is -3.60. The smallest absolute Gasteiger partial charge is 0.244 e. The molecule has 1 aliphatic heterocycles. The van der Waals surface area contributed by atoms with Gasteiger partial charge in [0, 0.05) is 31.2 Å². The van der Waals surface area contributed by atoms with Crippen molar-refractivity contribution in [1.82, 2.24) is 19.8 Å². The van der Waals surface area contributed by atoms with Gasteiger partial charge < -0.3 is 4.90 Å². The van der Waals surface area contributed by atoms with Gasteiger partial charge in [-0.05, 0) is 13.8 Å². The SMILES string of the molecule is CC(C)N1CC(NS(=O)(=O)c2cn[nH]c2)CC1=O. The first-order chi connectivity index (χ1) is 8.40. The van der Waals surface area contributed by atoms with Crippen molar-refractivity contribution in [1.29, 1.82) is 0 Å². The highest BCUT2D eigenvalue weighted by Crippen LogP contribution is 2.16. The molecule has 0 saturated carbocycles. The maximum atomic E-state index is 11.9. The minimum atomic E-state index is -3.60. The number of H-pyrrole nitrogens is 1. The number of nitrogens with zero attached hydrogens (tertiary/aromatic N) is 2. The first-order valence-electron chi connectivity index (χ1n) is 5.70. The third-order valence-electron chi connectivity index (χ3n) is 2.89. The molecule has 1 amide bonds. The Morgan fingerprint density at radius 2 is 2.28 bits per heavy atom. The lowest BCUT2D eigenvalue weighted by Crippen LogP contribution is -2.38. The molecule has 100 valence electrons. The highest BCUT2D eigenvalue weighted by Gasteiger charge is 2.34. The maximum Gasteiger partial charge on any atom is 0.244 e. The molecule has 7 nitrogen and oxygen atoms in total. The lowest BCUT2D eigenvalue weighted by Gasteiger charge is -2.21. The summed E-state index contributed by atoms with van der Waals surface area (Å²) in [4.78, 5) is 13.4. The number of hydrogen-bond donors (Lipinski definition) is 2. The number of rotatable bonds is 4. The summed E-state index contributed by atoms with van der Waals surface area (Å²) in [5.41, 5.74) is 0. The van der Waals surface area contributed by atoms with Gasteiger partial charge in [-0.15, -0.1) is 0 Å². The van der Waals surface area contributed by atoms with Crippen LogP contribution in [0.4, 0.5) is 0 Å². The van der Waals surface area contributed by atoms with Crippen LogP contribution in [-0.2, 0) is 14.8 Å². The lowest BCUT2D eigenvalue weighted by molar-refractivity contribution is -0.129. The highest BCUT2D eigenvalue weighted by molar-refractivity contribution is 7.89. The largest absolute Gasteiger partial charge is 0.339 e. The van der Waals surface area contributed by atoms with E-state index in [2.05, 4.69) is 14.9 Å². The molecule has 0 radical (unpaired) electrons. The van der Waals surface area contributed by atoms with Gasteiger partial charge in [0.25, 0.3) is 0 Å². The molecule has 2 heterocycles. The quantitative estimate of drug-likeness (QED) is 0.786. The van der Waals surface area contributed by atoms with E-state index in [4.69, 9.17) is 0 Å². The molecule has 1 aromatic heterocycles. The maximum absolute atomic E-state index is 11.9. The number of likely N-dealkylation sites (tertiary alicyclic amines) is 1. The number of sulfonamides is 1. The average Bonchev–Trinajstić information content (AvgIpc) is 2.86. The third-order valence-corrected chi connectivity index (χ3v) is 4.37. The number of nitrogens with one attached hydrogen (secondary N) is 2. The zero-order valence-corrected chi connectivity index (χ0v) is 11.1. The number of hydrogen-bond acceptors (Lipinski definition) is 4. The number of aromatic amines is 1. The Bertz CT molecular complexity index is 523. The fourth-order valence-electron chi connectivity index (χ4n) is 1.98. The minimum absolute atomic E-state index is 0.0232. The molecule has 2 N–H and O–H groups in total. The first-order valence-corrected chi connectivity index (χ1v) is 7.19. The zero-order valence-electron chi connectivity index (χ0n) is 10.3. The van der Waals surface area contributed by atoms with Crippen LogP contribution in [0, 0.1) is 0 Å². The van der Waals surface area contributed by atoms with Crippen molar-refractivity contribution in [2.75, 3.05) is 6.54 Å². The molecule has 1 saturated heterocycles. The van der Waals surface area contributed by atoms with Gasteiger partial charge in [-0.2, -0.15) is 5.10 Å². The number of carbonyl (C=O) groups is 1. The van der Waals surface area contributed by atoms with Gasteiger partial charge in [0.05, 0.1) is 6.20 Å².